The monoisotopic (exact) mass is 299 g/mol. The first-order valence-corrected chi connectivity index (χ1v) is 7.45. The molecule has 0 radical (unpaired) electrons. The van der Waals surface area contributed by atoms with Crippen molar-refractivity contribution in [3.8, 4) is 0 Å². The van der Waals surface area contributed by atoms with E-state index < -0.39 is 17.5 Å². The Hall–Kier alpha value is -1.33. The topological polar surface area (TPSA) is 12.0 Å². The van der Waals surface area contributed by atoms with Gasteiger partial charge < -0.3 is 5.32 Å². The van der Waals surface area contributed by atoms with Crippen molar-refractivity contribution < 1.29 is 13.2 Å². The van der Waals surface area contributed by atoms with Crippen LogP contribution in [0.15, 0.2) is 29.0 Å². The lowest BCUT2D eigenvalue weighted by molar-refractivity contribution is 0.423. The molecular weight excluding hydrogens is 283 g/mol. The van der Waals surface area contributed by atoms with Gasteiger partial charge in [0.15, 0.2) is 17.5 Å². The van der Waals surface area contributed by atoms with E-state index in [4.69, 9.17) is 0 Å². The lowest BCUT2D eigenvalue weighted by Gasteiger charge is -2.19. The van der Waals surface area contributed by atoms with Crippen LogP contribution in [0.2, 0.25) is 0 Å². The minimum absolute atomic E-state index is 0.170. The van der Waals surface area contributed by atoms with Crippen molar-refractivity contribution in [1.82, 2.24) is 5.32 Å². The lowest BCUT2D eigenvalue weighted by Crippen LogP contribution is -2.25. The first-order chi connectivity index (χ1) is 9.63. The molecule has 0 saturated carbocycles. The average Bonchev–Trinajstić information content (AvgIpc) is 2.94. The van der Waals surface area contributed by atoms with Gasteiger partial charge in [0.2, 0.25) is 0 Å². The number of halogens is 3. The van der Waals surface area contributed by atoms with Crippen LogP contribution in [0, 0.1) is 17.5 Å². The largest absolute Gasteiger partial charge is 0.310 e. The fourth-order valence-electron chi connectivity index (χ4n) is 2.07. The second kappa shape index (κ2) is 6.90. The SMILES string of the molecule is CCCNC(Cc1ccsc1)c1ccc(F)c(F)c1F. The summed E-state index contributed by atoms with van der Waals surface area (Å²) in [6, 6.07) is 3.87. The van der Waals surface area contributed by atoms with E-state index in [2.05, 4.69) is 5.32 Å². The second-order valence-corrected chi connectivity index (χ2v) is 5.39. The smallest absolute Gasteiger partial charge is 0.194 e. The summed E-state index contributed by atoms with van der Waals surface area (Å²) in [6.07, 6.45) is 1.43. The van der Waals surface area contributed by atoms with E-state index in [0.29, 0.717) is 13.0 Å². The summed E-state index contributed by atoms with van der Waals surface area (Å²) < 4.78 is 40.3. The molecule has 0 aliphatic heterocycles. The van der Waals surface area contributed by atoms with Gasteiger partial charge in [0.1, 0.15) is 0 Å². The zero-order valence-electron chi connectivity index (χ0n) is 11.1. The minimum atomic E-state index is -1.41. The van der Waals surface area contributed by atoms with Crippen LogP contribution in [0.3, 0.4) is 0 Å². The van der Waals surface area contributed by atoms with Gasteiger partial charge >= 0.3 is 0 Å². The molecular formula is C15H16F3NS. The number of benzene rings is 1. The number of nitrogens with one attached hydrogen (secondary N) is 1. The van der Waals surface area contributed by atoms with Crippen LogP contribution in [0.25, 0.3) is 0 Å². The summed E-state index contributed by atoms with van der Waals surface area (Å²) in [5.74, 6) is -3.67. The van der Waals surface area contributed by atoms with Crippen LogP contribution in [0.4, 0.5) is 13.2 Å². The Labute approximate surface area is 120 Å². The zero-order chi connectivity index (χ0) is 14.5. The maximum Gasteiger partial charge on any atom is 0.194 e. The van der Waals surface area contributed by atoms with Crippen LogP contribution < -0.4 is 5.32 Å². The maximum absolute atomic E-state index is 13.9. The molecule has 0 fully saturated rings. The highest BCUT2D eigenvalue weighted by Gasteiger charge is 2.20. The van der Waals surface area contributed by atoms with E-state index in [1.54, 1.807) is 11.3 Å². The average molecular weight is 299 g/mol. The molecule has 20 heavy (non-hydrogen) atoms. The highest BCUT2D eigenvalue weighted by Crippen LogP contribution is 2.25. The molecule has 1 aromatic heterocycles. The molecule has 0 aliphatic rings. The van der Waals surface area contributed by atoms with Crippen LogP contribution in [0.1, 0.15) is 30.5 Å². The van der Waals surface area contributed by atoms with Crippen molar-refractivity contribution in [2.24, 2.45) is 0 Å². The van der Waals surface area contributed by atoms with E-state index in [0.717, 1.165) is 18.1 Å². The Kier molecular flexibility index (Phi) is 5.20. The van der Waals surface area contributed by atoms with Gasteiger partial charge in [0.05, 0.1) is 0 Å². The van der Waals surface area contributed by atoms with Crippen molar-refractivity contribution >= 4 is 11.3 Å². The lowest BCUT2D eigenvalue weighted by atomic mass is 9.99. The number of thiophene rings is 1. The normalized spacial score (nSPS) is 12.6. The predicted octanol–water partition coefficient (Wildman–Crippen LogP) is 4.45. The Morgan fingerprint density at radius 1 is 1.15 bits per heavy atom. The molecule has 108 valence electrons. The summed E-state index contributed by atoms with van der Waals surface area (Å²) in [5.41, 5.74) is 1.22. The fourth-order valence-corrected chi connectivity index (χ4v) is 2.75. The molecule has 0 saturated heterocycles. The van der Waals surface area contributed by atoms with Gasteiger partial charge in [-0.15, -0.1) is 0 Å². The van der Waals surface area contributed by atoms with E-state index in [1.807, 2.05) is 23.8 Å². The molecule has 0 amide bonds. The molecule has 1 nitrogen and oxygen atoms in total. The second-order valence-electron chi connectivity index (χ2n) is 4.61. The summed E-state index contributed by atoms with van der Waals surface area (Å²) in [6.45, 7) is 2.68. The van der Waals surface area contributed by atoms with Crippen molar-refractivity contribution in [3.63, 3.8) is 0 Å². The molecule has 0 spiro atoms. The summed E-state index contributed by atoms with van der Waals surface area (Å²) in [7, 11) is 0. The van der Waals surface area contributed by atoms with Gasteiger partial charge in [0, 0.05) is 11.6 Å². The van der Waals surface area contributed by atoms with Gasteiger partial charge in [-0.25, -0.2) is 13.2 Å². The quantitative estimate of drug-likeness (QED) is 0.777. The third-order valence-corrected chi connectivity index (χ3v) is 3.83. The Balaban J connectivity index is 2.28. The Morgan fingerprint density at radius 3 is 2.60 bits per heavy atom. The number of hydrogen-bond donors (Lipinski definition) is 1. The summed E-state index contributed by atoms with van der Waals surface area (Å²) in [4.78, 5) is 0. The van der Waals surface area contributed by atoms with Gasteiger partial charge in [-0.3, -0.25) is 0 Å². The van der Waals surface area contributed by atoms with E-state index in [9.17, 15) is 13.2 Å². The molecule has 1 unspecified atom stereocenters. The highest BCUT2D eigenvalue weighted by molar-refractivity contribution is 7.07. The molecule has 1 aromatic carbocycles. The van der Waals surface area contributed by atoms with Crippen molar-refractivity contribution in [3.05, 3.63) is 57.5 Å². The maximum atomic E-state index is 13.9. The van der Waals surface area contributed by atoms with Crippen LogP contribution >= 0.6 is 11.3 Å². The van der Waals surface area contributed by atoms with Gasteiger partial charge in [-0.05, 0) is 47.8 Å². The van der Waals surface area contributed by atoms with E-state index in [-0.39, 0.29) is 11.6 Å². The predicted molar refractivity (Wildman–Crippen MR) is 75.4 cm³/mol. The fraction of sp³-hybridized carbons (Fsp3) is 0.333. The zero-order valence-corrected chi connectivity index (χ0v) is 11.9. The third-order valence-electron chi connectivity index (χ3n) is 3.10. The van der Waals surface area contributed by atoms with Crippen LogP contribution in [-0.4, -0.2) is 6.54 Å². The number of hydrogen-bond acceptors (Lipinski definition) is 2. The molecule has 2 aromatic rings. The molecule has 2 rings (SSSR count). The standard InChI is InChI=1S/C15H16F3NS/c1-2-6-19-13(8-10-5-7-20-9-10)11-3-4-12(16)15(18)14(11)17/h3-5,7,9,13,19H,2,6,8H2,1H3. The molecule has 1 atom stereocenters. The summed E-state index contributed by atoms with van der Waals surface area (Å²) >= 11 is 1.55. The highest BCUT2D eigenvalue weighted by atomic mass is 32.1. The first kappa shape index (κ1) is 15.1. The van der Waals surface area contributed by atoms with Crippen molar-refractivity contribution in [2.45, 2.75) is 25.8 Å². The van der Waals surface area contributed by atoms with E-state index >= 15 is 0 Å². The number of rotatable bonds is 6. The molecule has 1 N–H and O–H groups in total. The molecule has 1 heterocycles. The molecule has 0 aliphatic carbocycles. The van der Waals surface area contributed by atoms with Crippen LogP contribution in [0.5, 0.6) is 0 Å². The van der Waals surface area contributed by atoms with Gasteiger partial charge in [-0.2, -0.15) is 11.3 Å². The summed E-state index contributed by atoms with van der Waals surface area (Å²) in [5, 5.41) is 7.10. The van der Waals surface area contributed by atoms with E-state index in [1.165, 1.54) is 6.07 Å². The van der Waals surface area contributed by atoms with Crippen molar-refractivity contribution in [1.29, 1.82) is 0 Å². The van der Waals surface area contributed by atoms with Gasteiger partial charge in [0.25, 0.3) is 0 Å². The third kappa shape index (κ3) is 3.41. The first-order valence-electron chi connectivity index (χ1n) is 6.51. The van der Waals surface area contributed by atoms with Crippen LogP contribution in [-0.2, 0) is 6.42 Å². The Bertz CT molecular complexity index is 554. The van der Waals surface area contributed by atoms with Gasteiger partial charge in [-0.1, -0.05) is 13.0 Å². The van der Waals surface area contributed by atoms with Crippen molar-refractivity contribution in [2.75, 3.05) is 6.54 Å². The minimum Gasteiger partial charge on any atom is -0.310 e. The molecule has 5 heteroatoms. The Morgan fingerprint density at radius 2 is 1.95 bits per heavy atom. The molecule has 0 bridgehead atoms.